The predicted molar refractivity (Wildman–Crippen MR) is 108 cm³/mol. The zero-order valence-corrected chi connectivity index (χ0v) is 16.0. The summed E-state index contributed by atoms with van der Waals surface area (Å²) in [4.78, 5) is 32.8. The molecule has 2 N–H and O–H groups in total. The second-order valence-corrected chi connectivity index (χ2v) is 5.96. The van der Waals surface area contributed by atoms with E-state index in [0.717, 1.165) is 11.3 Å². The van der Waals surface area contributed by atoms with Crippen molar-refractivity contribution in [3.63, 3.8) is 0 Å². The van der Waals surface area contributed by atoms with Crippen LogP contribution in [-0.2, 0) is 11.3 Å². The highest BCUT2D eigenvalue weighted by Gasteiger charge is 2.15. The molecule has 0 unspecified atom stereocenters. The number of methoxy groups -OCH3 is 2. The Morgan fingerprint density at radius 1 is 1.00 bits per heavy atom. The van der Waals surface area contributed by atoms with E-state index in [9.17, 15) is 9.59 Å². The molecule has 0 spiro atoms. The molecular weight excluding hydrogens is 372 g/mol. The summed E-state index contributed by atoms with van der Waals surface area (Å²) in [6.45, 7) is 0.486. The van der Waals surface area contributed by atoms with Gasteiger partial charge in [0.25, 0.3) is 5.91 Å². The van der Waals surface area contributed by atoms with Crippen LogP contribution in [0.5, 0.6) is 5.75 Å². The fourth-order valence-electron chi connectivity index (χ4n) is 2.56. The van der Waals surface area contributed by atoms with Crippen LogP contribution >= 0.6 is 0 Å². The molecule has 0 aliphatic rings. The van der Waals surface area contributed by atoms with Crippen LogP contribution < -0.4 is 15.4 Å². The summed E-state index contributed by atoms with van der Waals surface area (Å²) in [5.41, 5.74) is 1.78. The van der Waals surface area contributed by atoms with Crippen LogP contribution in [0.15, 0.2) is 60.8 Å². The van der Waals surface area contributed by atoms with Gasteiger partial charge in [0.2, 0.25) is 5.95 Å². The number of anilines is 2. The Hall–Kier alpha value is -3.94. The Morgan fingerprint density at radius 3 is 2.48 bits per heavy atom. The lowest BCUT2D eigenvalue weighted by Crippen LogP contribution is -2.17. The SMILES string of the molecule is COC(=O)c1ccccc1NC(=O)c1ccnc(NCc2ccc(OC)cc2)n1. The zero-order valence-electron chi connectivity index (χ0n) is 16.0. The van der Waals surface area contributed by atoms with E-state index in [0.29, 0.717) is 18.2 Å². The normalized spacial score (nSPS) is 10.1. The first-order valence-corrected chi connectivity index (χ1v) is 8.79. The Labute approximate surface area is 167 Å². The maximum Gasteiger partial charge on any atom is 0.339 e. The molecule has 0 aliphatic carbocycles. The van der Waals surface area contributed by atoms with Crippen LogP contribution in [0.1, 0.15) is 26.4 Å². The standard InChI is InChI=1S/C21H20N4O4/c1-28-15-9-7-14(8-10-15)13-23-21-22-12-11-18(25-21)19(26)24-17-6-4-3-5-16(17)20(27)29-2/h3-12H,13H2,1-2H3,(H,24,26)(H,22,23,25). The molecule has 0 radical (unpaired) electrons. The largest absolute Gasteiger partial charge is 0.497 e. The minimum absolute atomic E-state index is 0.164. The first kappa shape index (κ1) is 19.8. The van der Waals surface area contributed by atoms with Crippen LogP contribution in [0.3, 0.4) is 0 Å². The molecule has 1 aromatic heterocycles. The minimum Gasteiger partial charge on any atom is -0.497 e. The number of carbonyl (C=O) groups is 2. The summed E-state index contributed by atoms with van der Waals surface area (Å²) in [5.74, 6) is 0.0901. The summed E-state index contributed by atoms with van der Waals surface area (Å²) in [6.07, 6.45) is 1.49. The van der Waals surface area contributed by atoms with Crippen molar-refractivity contribution in [1.29, 1.82) is 0 Å². The third kappa shape index (κ3) is 5.07. The molecule has 2 aromatic carbocycles. The maximum atomic E-state index is 12.6. The minimum atomic E-state index is -0.537. The average molecular weight is 392 g/mol. The highest BCUT2D eigenvalue weighted by Crippen LogP contribution is 2.17. The van der Waals surface area contributed by atoms with Crippen LogP contribution in [0.25, 0.3) is 0 Å². The van der Waals surface area contributed by atoms with Crippen LogP contribution in [0.4, 0.5) is 11.6 Å². The molecule has 0 bridgehead atoms. The fourth-order valence-corrected chi connectivity index (χ4v) is 2.56. The third-order valence-electron chi connectivity index (χ3n) is 4.08. The topological polar surface area (TPSA) is 102 Å². The van der Waals surface area contributed by atoms with E-state index in [1.165, 1.54) is 19.4 Å². The van der Waals surface area contributed by atoms with Gasteiger partial charge >= 0.3 is 5.97 Å². The molecule has 148 valence electrons. The average Bonchev–Trinajstić information content (AvgIpc) is 2.78. The number of aromatic nitrogens is 2. The lowest BCUT2D eigenvalue weighted by atomic mass is 10.1. The van der Waals surface area contributed by atoms with E-state index < -0.39 is 11.9 Å². The Morgan fingerprint density at radius 2 is 1.76 bits per heavy atom. The van der Waals surface area contributed by atoms with E-state index in [2.05, 4.69) is 20.6 Å². The van der Waals surface area contributed by atoms with Gasteiger partial charge in [0.15, 0.2) is 0 Å². The highest BCUT2D eigenvalue weighted by molar-refractivity contribution is 6.07. The van der Waals surface area contributed by atoms with Gasteiger partial charge in [0.05, 0.1) is 25.5 Å². The molecule has 0 fully saturated rings. The number of hydrogen-bond acceptors (Lipinski definition) is 7. The van der Waals surface area contributed by atoms with Crippen molar-refractivity contribution in [3.8, 4) is 5.75 Å². The van der Waals surface area contributed by atoms with Crippen LogP contribution in [0.2, 0.25) is 0 Å². The van der Waals surface area contributed by atoms with Crippen LogP contribution in [0, 0.1) is 0 Å². The molecule has 1 heterocycles. The summed E-state index contributed by atoms with van der Waals surface area (Å²) >= 11 is 0. The Bertz CT molecular complexity index is 1010. The molecule has 29 heavy (non-hydrogen) atoms. The molecule has 0 atom stereocenters. The van der Waals surface area contributed by atoms with Gasteiger partial charge < -0.3 is 20.1 Å². The lowest BCUT2D eigenvalue weighted by molar-refractivity contribution is 0.0602. The maximum absolute atomic E-state index is 12.6. The van der Waals surface area contributed by atoms with Gasteiger partial charge in [-0.3, -0.25) is 4.79 Å². The molecule has 8 heteroatoms. The van der Waals surface area contributed by atoms with Gasteiger partial charge in [-0.2, -0.15) is 0 Å². The molecule has 1 amide bonds. The molecule has 0 aliphatic heterocycles. The van der Waals surface area contributed by atoms with Gasteiger partial charge in [-0.05, 0) is 35.9 Å². The van der Waals surface area contributed by atoms with Crippen molar-refractivity contribution in [2.75, 3.05) is 24.9 Å². The van der Waals surface area contributed by atoms with E-state index >= 15 is 0 Å². The number of hydrogen-bond donors (Lipinski definition) is 2. The number of esters is 1. The molecule has 3 rings (SSSR count). The summed E-state index contributed by atoms with van der Waals surface area (Å²) in [5, 5.41) is 5.76. The van der Waals surface area contributed by atoms with Crippen molar-refractivity contribution in [3.05, 3.63) is 77.6 Å². The van der Waals surface area contributed by atoms with Crippen molar-refractivity contribution in [1.82, 2.24) is 9.97 Å². The predicted octanol–water partition coefficient (Wildman–Crippen LogP) is 3.14. The van der Waals surface area contributed by atoms with Crippen LogP contribution in [-0.4, -0.2) is 36.1 Å². The second-order valence-electron chi connectivity index (χ2n) is 5.96. The van der Waals surface area contributed by atoms with Gasteiger partial charge in [-0.25, -0.2) is 14.8 Å². The smallest absolute Gasteiger partial charge is 0.339 e. The van der Waals surface area contributed by atoms with E-state index in [4.69, 9.17) is 9.47 Å². The first-order valence-electron chi connectivity index (χ1n) is 8.79. The van der Waals surface area contributed by atoms with Crippen molar-refractivity contribution in [2.24, 2.45) is 0 Å². The number of rotatable bonds is 7. The fraction of sp³-hybridized carbons (Fsp3) is 0.143. The number of amides is 1. The van der Waals surface area contributed by atoms with E-state index in [1.807, 2.05) is 24.3 Å². The van der Waals surface area contributed by atoms with E-state index in [1.54, 1.807) is 31.4 Å². The molecule has 8 nitrogen and oxygen atoms in total. The highest BCUT2D eigenvalue weighted by atomic mass is 16.5. The lowest BCUT2D eigenvalue weighted by Gasteiger charge is -2.10. The summed E-state index contributed by atoms with van der Waals surface area (Å²) in [6, 6.07) is 15.7. The second kappa shape index (κ2) is 9.32. The monoisotopic (exact) mass is 392 g/mol. The molecular formula is C21H20N4O4. The number of nitrogens with one attached hydrogen (secondary N) is 2. The van der Waals surface area contributed by atoms with Crippen molar-refractivity contribution < 1.29 is 19.1 Å². The van der Waals surface area contributed by atoms with E-state index in [-0.39, 0.29) is 11.3 Å². The summed E-state index contributed by atoms with van der Waals surface area (Å²) in [7, 11) is 2.90. The quantitative estimate of drug-likeness (QED) is 0.596. The molecule has 3 aromatic rings. The number of nitrogens with zero attached hydrogens (tertiary/aromatic N) is 2. The summed E-state index contributed by atoms with van der Waals surface area (Å²) < 4.78 is 9.87. The zero-order chi connectivity index (χ0) is 20.6. The number of para-hydroxylation sites is 1. The number of benzene rings is 2. The Kier molecular flexibility index (Phi) is 6.36. The Balaban J connectivity index is 1.69. The van der Waals surface area contributed by atoms with Gasteiger partial charge in [-0.1, -0.05) is 24.3 Å². The van der Waals surface area contributed by atoms with Gasteiger partial charge in [-0.15, -0.1) is 0 Å². The third-order valence-corrected chi connectivity index (χ3v) is 4.08. The van der Waals surface area contributed by atoms with Gasteiger partial charge in [0, 0.05) is 12.7 Å². The molecule has 0 saturated heterocycles. The first-order chi connectivity index (χ1) is 14.1. The van der Waals surface area contributed by atoms with Crippen molar-refractivity contribution >= 4 is 23.5 Å². The van der Waals surface area contributed by atoms with Crippen molar-refractivity contribution in [2.45, 2.75) is 6.54 Å². The van der Waals surface area contributed by atoms with Gasteiger partial charge in [0.1, 0.15) is 11.4 Å². The number of carbonyl (C=O) groups excluding carboxylic acids is 2. The molecule has 0 saturated carbocycles. The number of ether oxygens (including phenoxy) is 2.